The lowest BCUT2D eigenvalue weighted by Gasteiger charge is -2.41. The molecule has 0 aliphatic carbocycles. The van der Waals surface area contributed by atoms with Crippen molar-refractivity contribution in [3.8, 4) is 0 Å². The fourth-order valence-corrected chi connectivity index (χ4v) is 2.11. The lowest BCUT2D eigenvalue weighted by Crippen LogP contribution is -2.56. The van der Waals surface area contributed by atoms with E-state index in [1.165, 1.54) is 0 Å². The average molecular weight is 256 g/mol. The minimum absolute atomic E-state index is 0.0747. The Balaban J connectivity index is 2.62. The average Bonchev–Trinajstić information content (AvgIpc) is 2.25. The Bertz CT molecular complexity index is 323. The summed E-state index contributed by atoms with van der Waals surface area (Å²) in [5, 5.41) is 0. The van der Waals surface area contributed by atoms with E-state index in [0.717, 1.165) is 6.42 Å². The van der Waals surface area contributed by atoms with Crippen LogP contribution >= 0.6 is 0 Å². The normalized spacial score (nSPS) is 20.8. The zero-order valence-corrected chi connectivity index (χ0v) is 12.0. The number of carbonyl (C=O) groups excluding carboxylic acids is 2. The first-order valence-corrected chi connectivity index (χ1v) is 6.49. The van der Waals surface area contributed by atoms with E-state index >= 15 is 0 Å². The van der Waals surface area contributed by atoms with Crippen LogP contribution in [0.4, 0.5) is 4.79 Å². The summed E-state index contributed by atoms with van der Waals surface area (Å²) in [6.07, 6.45) is 0.558. The lowest BCUT2D eigenvalue weighted by atomic mass is 10.1. The van der Waals surface area contributed by atoms with Gasteiger partial charge in [-0.25, -0.2) is 4.79 Å². The van der Waals surface area contributed by atoms with Crippen LogP contribution in [-0.4, -0.2) is 53.1 Å². The van der Waals surface area contributed by atoms with E-state index in [4.69, 9.17) is 4.74 Å². The molecule has 0 N–H and O–H groups in total. The molecule has 1 rings (SSSR count). The second-order valence-corrected chi connectivity index (χ2v) is 5.70. The van der Waals surface area contributed by atoms with Gasteiger partial charge in [0.05, 0.1) is 0 Å². The van der Waals surface area contributed by atoms with Crippen molar-refractivity contribution < 1.29 is 14.3 Å². The first-order valence-electron chi connectivity index (χ1n) is 6.49. The third-order valence-corrected chi connectivity index (χ3v) is 3.01. The first-order chi connectivity index (χ1) is 8.24. The Morgan fingerprint density at radius 3 is 2.33 bits per heavy atom. The standard InChI is InChI=1S/C13H24N2O3/c1-6-11-9-14(7-8-15(11)10(2)16)12(17)18-13(3,4)5/h11H,6-9H2,1-5H3. The highest BCUT2D eigenvalue weighted by Crippen LogP contribution is 2.16. The van der Waals surface area contributed by atoms with E-state index in [1.54, 1.807) is 11.8 Å². The van der Waals surface area contributed by atoms with Crippen molar-refractivity contribution in [1.82, 2.24) is 9.80 Å². The smallest absolute Gasteiger partial charge is 0.410 e. The first kappa shape index (κ1) is 14.8. The molecule has 5 nitrogen and oxygen atoms in total. The van der Waals surface area contributed by atoms with Gasteiger partial charge in [-0.2, -0.15) is 0 Å². The molecule has 1 heterocycles. The summed E-state index contributed by atoms with van der Waals surface area (Å²) < 4.78 is 5.35. The maximum absolute atomic E-state index is 12.0. The summed E-state index contributed by atoms with van der Waals surface area (Å²) in [5.74, 6) is 0.0747. The van der Waals surface area contributed by atoms with Crippen LogP contribution < -0.4 is 0 Å². The highest BCUT2D eigenvalue weighted by Gasteiger charge is 2.31. The van der Waals surface area contributed by atoms with Crippen molar-refractivity contribution in [2.75, 3.05) is 19.6 Å². The molecular formula is C13H24N2O3. The van der Waals surface area contributed by atoms with Crippen LogP contribution in [0.15, 0.2) is 0 Å². The Labute approximate surface area is 109 Å². The SMILES string of the molecule is CCC1CN(C(=O)OC(C)(C)C)CCN1C(C)=O. The lowest BCUT2D eigenvalue weighted by molar-refractivity contribution is -0.133. The zero-order chi connectivity index (χ0) is 13.9. The van der Waals surface area contributed by atoms with Crippen molar-refractivity contribution in [2.24, 2.45) is 0 Å². The maximum Gasteiger partial charge on any atom is 0.410 e. The summed E-state index contributed by atoms with van der Waals surface area (Å²) in [6, 6.07) is 0.101. The minimum Gasteiger partial charge on any atom is -0.444 e. The van der Waals surface area contributed by atoms with E-state index in [2.05, 4.69) is 0 Å². The molecule has 0 saturated carbocycles. The predicted octanol–water partition coefficient (Wildman–Crippen LogP) is 1.86. The van der Waals surface area contributed by atoms with Gasteiger partial charge in [-0.15, -0.1) is 0 Å². The second kappa shape index (κ2) is 5.59. The number of amides is 2. The number of carbonyl (C=O) groups is 2. The van der Waals surface area contributed by atoms with Gasteiger partial charge in [0.1, 0.15) is 5.60 Å². The third-order valence-electron chi connectivity index (χ3n) is 3.01. The number of nitrogens with zero attached hydrogens (tertiary/aromatic N) is 2. The van der Waals surface area contributed by atoms with Gasteiger partial charge < -0.3 is 14.5 Å². The van der Waals surface area contributed by atoms with Crippen LogP contribution in [-0.2, 0) is 9.53 Å². The molecule has 0 aromatic carbocycles. The summed E-state index contributed by atoms with van der Waals surface area (Å²) >= 11 is 0. The van der Waals surface area contributed by atoms with Crippen molar-refractivity contribution in [2.45, 2.75) is 52.7 Å². The molecule has 1 aliphatic heterocycles. The summed E-state index contributed by atoms with van der Waals surface area (Å²) in [4.78, 5) is 26.9. The molecule has 1 aliphatic rings. The van der Waals surface area contributed by atoms with Crippen molar-refractivity contribution in [3.05, 3.63) is 0 Å². The molecule has 1 unspecified atom stereocenters. The Morgan fingerprint density at radius 2 is 1.89 bits per heavy atom. The van der Waals surface area contributed by atoms with Crippen LogP contribution in [0.5, 0.6) is 0 Å². The molecule has 0 aromatic rings. The molecule has 0 radical (unpaired) electrons. The van der Waals surface area contributed by atoms with Crippen LogP contribution in [0.2, 0.25) is 0 Å². The fraction of sp³-hybridized carbons (Fsp3) is 0.846. The Morgan fingerprint density at radius 1 is 1.28 bits per heavy atom. The zero-order valence-electron chi connectivity index (χ0n) is 12.0. The highest BCUT2D eigenvalue weighted by molar-refractivity contribution is 5.74. The Kier molecular flexibility index (Phi) is 4.59. The number of rotatable bonds is 1. The minimum atomic E-state index is -0.476. The molecule has 1 fully saturated rings. The van der Waals surface area contributed by atoms with Crippen LogP contribution in [0.3, 0.4) is 0 Å². The third kappa shape index (κ3) is 3.89. The molecule has 5 heteroatoms. The van der Waals surface area contributed by atoms with Gasteiger partial charge in [-0.05, 0) is 27.2 Å². The van der Waals surface area contributed by atoms with Gasteiger partial charge in [-0.1, -0.05) is 6.92 Å². The van der Waals surface area contributed by atoms with E-state index in [-0.39, 0.29) is 18.0 Å². The molecule has 104 valence electrons. The van der Waals surface area contributed by atoms with Crippen molar-refractivity contribution in [1.29, 1.82) is 0 Å². The predicted molar refractivity (Wildman–Crippen MR) is 69.3 cm³/mol. The van der Waals surface area contributed by atoms with Gasteiger partial charge in [-0.3, -0.25) is 4.79 Å². The molecule has 2 amide bonds. The quantitative estimate of drug-likeness (QED) is 0.719. The Hall–Kier alpha value is -1.26. The van der Waals surface area contributed by atoms with Gasteiger partial charge in [0.15, 0.2) is 0 Å². The van der Waals surface area contributed by atoms with Crippen LogP contribution in [0.25, 0.3) is 0 Å². The van der Waals surface area contributed by atoms with E-state index in [9.17, 15) is 9.59 Å². The molecule has 0 spiro atoms. The second-order valence-electron chi connectivity index (χ2n) is 5.70. The van der Waals surface area contributed by atoms with Crippen molar-refractivity contribution in [3.63, 3.8) is 0 Å². The number of ether oxygens (including phenoxy) is 1. The van der Waals surface area contributed by atoms with E-state index in [0.29, 0.717) is 19.6 Å². The topological polar surface area (TPSA) is 49.9 Å². The molecule has 0 aromatic heterocycles. The molecule has 1 atom stereocenters. The van der Waals surface area contributed by atoms with Crippen LogP contribution in [0.1, 0.15) is 41.0 Å². The van der Waals surface area contributed by atoms with E-state index < -0.39 is 5.60 Å². The maximum atomic E-state index is 12.0. The number of hydrogen-bond acceptors (Lipinski definition) is 3. The van der Waals surface area contributed by atoms with E-state index in [1.807, 2.05) is 32.6 Å². The highest BCUT2D eigenvalue weighted by atomic mass is 16.6. The van der Waals surface area contributed by atoms with Gasteiger partial charge in [0.2, 0.25) is 5.91 Å². The largest absolute Gasteiger partial charge is 0.444 e. The van der Waals surface area contributed by atoms with Crippen LogP contribution in [0, 0.1) is 0 Å². The van der Waals surface area contributed by atoms with Gasteiger partial charge in [0.25, 0.3) is 0 Å². The fourth-order valence-electron chi connectivity index (χ4n) is 2.11. The van der Waals surface area contributed by atoms with Gasteiger partial charge >= 0.3 is 6.09 Å². The van der Waals surface area contributed by atoms with Gasteiger partial charge in [0, 0.05) is 32.6 Å². The molecular weight excluding hydrogens is 232 g/mol. The number of piperazine rings is 1. The summed E-state index contributed by atoms with van der Waals surface area (Å²) in [6.45, 7) is 10.9. The monoisotopic (exact) mass is 256 g/mol. The van der Waals surface area contributed by atoms with Crippen molar-refractivity contribution >= 4 is 12.0 Å². The molecule has 18 heavy (non-hydrogen) atoms. The number of hydrogen-bond donors (Lipinski definition) is 0. The summed E-state index contributed by atoms with van der Waals surface area (Å²) in [7, 11) is 0. The summed E-state index contributed by atoms with van der Waals surface area (Å²) in [5.41, 5.74) is -0.476. The molecule has 0 bridgehead atoms. The molecule has 1 saturated heterocycles.